The Morgan fingerprint density at radius 3 is 2.80 bits per heavy atom. The molecule has 0 aliphatic heterocycles. The van der Waals surface area contributed by atoms with Gasteiger partial charge in [-0.1, -0.05) is 0 Å². The van der Waals surface area contributed by atoms with E-state index in [0.717, 1.165) is 12.3 Å². The fraction of sp³-hybridized carbons (Fsp3) is 0.333. The van der Waals surface area contributed by atoms with Gasteiger partial charge in [-0.15, -0.1) is 0 Å². The number of fused-ring (bicyclic) bond motifs is 1. The monoisotopic (exact) mass is 204 g/mol. The number of aromatic nitrogens is 1. The van der Waals surface area contributed by atoms with Crippen molar-refractivity contribution in [1.29, 1.82) is 0 Å². The second-order valence-electron chi connectivity index (χ2n) is 3.65. The van der Waals surface area contributed by atoms with Crippen molar-refractivity contribution in [3.63, 3.8) is 0 Å². The molecule has 0 aliphatic carbocycles. The molecule has 3 nitrogen and oxygen atoms in total. The first kappa shape index (κ1) is 10.1. The molecule has 15 heavy (non-hydrogen) atoms. The van der Waals surface area contributed by atoms with Crippen molar-refractivity contribution in [2.24, 2.45) is 5.73 Å². The number of methoxy groups -OCH3 is 1. The van der Waals surface area contributed by atoms with Gasteiger partial charge in [0.1, 0.15) is 5.75 Å². The number of hydrogen-bond donors (Lipinski definition) is 1. The van der Waals surface area contributed by atoms with Crippen LogP contribution in [0.2, 0.25) is 0 Å². The van der Waals surface area contributed by atoms with Gasteiger partial charge in [0.2, 0.25) is 0 Å². The first-order valence-corrected chi connectivity index (χ1v) is 5.10. The Balaban J connectivity index is 2.61. The van der Waals surface area contributed by atoms with E-state index in [9.17, 15) is 0 Å². The molecule has 0 unspecified atom stereocenters. The minimum Gasteiger partial charge on any atom is -0.497 e. The first-order valence-electron chi connectivity index (χ1n) is 5.10. The van der Waals surface area contributed by atoms with Crippen LogP contribution in [-0.4, -0.2) is 18.2 Å². The molecule has 0 radical (unpaired) electrons. The SMILES string of the molecule is COc1ccc2cc(C)n(CCN)c2c1. The Bertz CT molecular complexity index is 474. The van der Waals surface area contributed by atoms with Crippen LogP contribution in [0, 0.1) is 6.92 Å². The molecule has 1 aromatic carbocycles. The lowest BCUT2D eigenvalue weighted by Crippen LogP contribution is -2.10. The normalized spacial score (nSPS) is 10.9. The van der Waals surface area contributed by atoms with Crippen LogP contribution in [0.4, 0.5) is 0 Å². The van der Waals surface area contributed by atoms with E-state index in [1.807, 2.05) is 6.07 Å². The Labute approximate surface area is 89.4 Å². The Kier molecular flexibility index (Phi) is 2.64. The highest BCUT2D eigenvalue weighted by atomic mass is 16.5. The van der Waals surface area contributed by atoms with Crippen LogP contribution in [0.5, 0.6) is 5.75 Å². The highest BCUT2D eigenvalue weighted by Gasteiger charge is 2.05. The summed E-state index contributed by atoms with van der Waals surface area (Å²) in [6.45, 7) is 3.60. The number of nitrogens with two attached hydrogens (primary N) is 1. The van der Waals surface area contributed by atoms with E-state index in [0.29, 0.717) is 6.54 Å². The van der Waals surface area contributed by atoms with Gasteiger partial charge in [0.05, 0.1) is 12.6 Å². The molecule has 1 heterocycles. The van der Waals surface area contributed by atoms with Crippen molar-refractivity contribution in [2.75, 3.05) is 13.7 Å². The molecule has 1 aromatic heterocycles. The molecule has 3 heteroatoms. The van der Waals surface area contributed by atoms with Gasteiger partial charge in [0.15, 0.2) is 0 Å². The van der Waals surface area contributed by atoms with Crippen molar-refractivity contribution in [1.82, 2.24) is 4.57 Å². The lowest BCUT2D eigenvalue weighted by Gasteiger charge is -2.07. The third-order valence-electron chi connectivity index (χ3n) is 2.67. The molecule has 0 fully saturated rings. The maximum Gasteiger partial charge on any atom is 0.120 e. The fourth-order valence-corrected chi connectivity index (χ4v) is 1.93. The van der Waals surface area contributed by atoms with Crippen LogP contribution < -0.4 is 10.5 Å². The number of ether oxygens (including phenoxy) is 1. The largest absolute Gasteiger partial charge is 0.497 e. The zero-order valence-corrected chi connectivity index (χ0v) is 9.16. The zero-order valence-electron chi connectivity index (χ0n) is 9.16. The Morgan fingerprint density at radius 2 is 2.13 bits per heavy atom. The smallest absolute Gasteiger partial charge is 0.120 e. The molecular weight excluding hydrogens is 188 g/mol. The molecule has 2 N–H and O–H groups in total. The average Bonchev–Trinajstić information content (AvgIpc) is 2.55. The highest BCUT2D eigenvalue weighted by Crippen LogP contribution is 2.24. The molecule has 0 spiro atoms. The van der Waals surface area contributed by atoms with Crippen LogP contribution in [0.3, 0.4) is 0 Å². The van der Waals surface area contributed by atoms with Gasteiger partial charge in [-0.2, -0.15) is 0 Å². The summed E-state index contributed by atoms with van der Waals surface area (Å²) >= 11 is 0. The first-order chi connectivity index (χ1) is 7.26. The van der Waals surface area contributed by atoms with E-state index in [1.54, 1.807) is 7.11 Å². The maximum atomic E-state index is 5.60. The third kappa shape index (κ3) is 1.70. The Hall–Kier alpha value is -1.48. The average molecular weight is 204 g/mol. The van der Waals surface area contributed by atoms with Crippen LogP contribution in [0.1, 0.15) is 5.69 Å². The van der Waals surface area contributed by atoms with Crippen molar-refractivity contribution in [3.8, 4) is 5.75 Å². The van der Waals surface area contributed by atoms with Crippen LogP contribution in [0.25, 0.3) is 10.9 Å². The molecule has 0 aliphatic rings. The third-order valence-corrected chi connectivity index (χ3v) is 2.67. The summed E-state index contributed by atoms with van der Waals surface area (Å²) in [6, 6.07) is 8.28. The Morgan fingerprint density at radius 1 is 1.33 bits per heavy atom. The van der Waals surface area contributed by atoms with Crippen molar-refractivity contribution in [3.05, 3.63) is 30.0 Å². The topological polar surface area (TPSA) is 40.2 Å². The summed E-state index contributed by atoms with van der Waals surface area (Å²) in [6.07, 6.45) is 0. The molecule has 0 bridgehead atoms. The minimum atomic E-state index is 0.655. The van der Waals surface area contributed by atoms with Gasteiger partial charge in [-0.3, -0.25) is 0 Å². The summed E-state index contributed by atoms with van der Waals surface area (Å²) in [7, 11) is 1.68. The number of rotatable bonds is 3. The van der Waals surface area contributed by atoms with Crippen molar-refractivity contribution < 1.29 is 4.74 Å². The van der Waals surface area contributed by atoms with E-state index in [2.05, 4.69) is 29.7 Å². The van der Waals surface area contributed by atoms with Gasteiger partial charge in [0, 0.05) is 30.2 Å². The number of benzene rings is 1. The lowest BCUT2D eigenvalue weighted by molar-refractivity contribution is 0.415. The second kappa shape index (κ2) is 3.95. The molecule has 0 saturated carbocycles. The minimum absolute atomic E-state index is 0.655. The summed E-state index contributed by atoms with van der Waals surface area (Å²) in [5.74, 6) is 0.888. The molecule has 0 amide bonds. The lowest BCUT2D eigenvalue weighted by atomic mass is 10.2. The van der Waals surface area contributed by atoms with E-state index < -0.39 is 0 Å². The second-order valence-corrected chi connectivity index (χ2v) is 3.65. The number of aryl methyl sites for hydroxylation is 1. The van der Waals surface area contributed by atoms with E-state index >= 15 is 0 Å². The quantitative estimate of drug-likeness (QED) is 0.829. The van der Waals surface area contributed by atoms with Gasteiger partial charge >= 0.3 is 0 Å². The van der Waals surface area contributed by atoms with Crippen molar-refractivity contribution >= 4 is 10.9 Å². The molecule has 0 atom stereocenters. The molecule has 2 aromatic rings. The van der Waals surface area contributed by atoms with Gasteiger partial charge in [0.25, 0.3) is 0 Å². The van der Waals surface area contributed by atoms with Gasteiger partial charge in [-0.05, 0) is 25.1 Å². The summed E-state index contributed by atoms with van der Waals surface area (Å²) in [5.41, 5.74) is 8.03. The maximum absolute atomic E-state index is 5.60. The van der Waals surface area contributed by atoms with Crippen LogP contribution >= 0.6 is 0 Å². The summed E-state index contributed by atoms with van der Waals surface area (Å²) in [5, 5.41) is 1.24. The molecule has 2 rings (SSSR count). The molecule has 0 saturated heterocycles. The van der Waals surface area contributed by atoms with E-state index in [4.69, 9.17) is 10.5 Å². The number of hydrogen-bond acceptors (Lipinski definition) is 2. The predicted molar refractivity (Wildman–Crippen MR) is 62.3 cm³/mol. The highest BCUT2D eigenvalue weighted by molar-refractivity contribution is 5.82. The predicted octanol–water partition coefficient (Wildman–Crippen LogP) is 1.92. The number of nitrogens with zero attached hydrogens (tertiary/aromatic N) is 1. The molecular formula is C12H16N2O. The molecule has 80 valence electrons. The van der Waals surface area contributed by atoms with E-state index in [-0.39, 0.29) is 0 Å². The summed E-state index contributed by atoms with van der Waals surface area (Å²) in [4.78, 5) is 0. The standard InChI is InChI=1S/C12H16N2O/c1-9-7-10-3-4-11(15-2)8-12(10)14(9)6-5-13/h3-4,7-8H,5-6,13H2,1-2H3. The van der Waals surface area contributed by atoms with Gasteiger partial charge < -0.3 is 15.0 Å². The van der Waals surface area contributed by atoms with Crippen molar-refractivity contribution in [2.45, 2.75) is 13.5 Å². The van der Waals surface area contributed by atoms with Crippen LogP contribution in [0.15, 0.2) is 24.3 Å². The van der Waals surface area contributed by atoms with E-state index in [1.165, 1.54) is 16.6 Å². The zero-order chi connectivity index (χ0) is 10.8. The summed E-state index contributed by atoms with van der Waals surface area (Å²) < 4.78 is 7.44. The van der Waals surface area contributed by atoms with Gasteiger partial charge in [-0.25, -0.2) is 0 Å². The van der Waals surface area contributed by atoms with Crippen LogP contribution in [-0.2, 0) is 6.54 Å². The fourth-order valence-electron chi connectivity index (χ4n) is 1.93.